The summed E-state index contributed by atoms with van der Waals surface area (Å²) in [6, 6.07) is 4.73. The van der Waals surface area contributed by atoms with Crippen molar-refractivity contribution in [1.82, 2.24) is 10.2 Å². The van der Waals surface area contributed by atoms with Crippen molar-refractivity contribution in [3.05, 3.63) is 29.3 Å². The Balaban J connectivity index is 1.70. The molecule has 140 valence electrons. The molecule has 25 heavy (non-hydrogen) atoms. The number of hydrogen-bond donors (Lipinski definition) is 1. The number of rotatable bonds is 5. The highest BCUT2D eigenvalue weighted by Crippen LogP contribution is 2.36. The van der Waals surface area contributed by atoms with Crippen molar-refractivity contribution in [1.29, 1.82) is 0 Å². The molecule has 7 heteroatoms. The molecule has 1 aromatic carbocycles. The maximum atomic E-state index is 12.5. The predicted octanol–water partition coefficient (Wildman–Crippen LogP) is 3.27. The van der Waals surface area contributed by atoms with Gasteiger partial charge in [0.05, 0.1) is 0 Å². The fraction of sp³-hybridized carbons (Fsp3) is 0.667. The van der Waals surface area contributed by atoms with Crippen LogP contribution in [-0.2, 0) is 11.2 Å². The minimum Gasteiger partial charge on any atom is -0.406 e. The summed E-state index contributed by atoms with van der Waals surface area (Å²) in [5.74, 6) is -0.145. The third-order valence-corrected chi connectivity index (χ3v) is 5.48. The van der Waals surface area contributed by atoms with Gasteiger partial charge >= 0.3 is 6.36 Å². The summed E-state index contributed by atoms with van der Waals surface area (Å²) in [5, 5.41) is 3.59. The van der Waals surface area contributed by atoms with Gasteiger partial charge in [0.1, 0.15) is 5.75 Å². The Labute approximate surface area is 146 Å². The van der Waals surface area contributed by atoms with E-state index in [-0.39, 0.29) is 17.3 Å². The molecule has 1 aromatic rings. The molecule has 0 aromatic heterocycles. The first-order valence-corrected chi connectivity index (χ1v) is 8.66. The van der Waals surface area contributed by atoms with Crippen LogP contribution < -0.4 is 10.1 Å². The van der Waals surface area contributed by atoms with Crippen LogP contribution in [0.2, 0.25) is 0 Å². The molecule has 4 nitrogen and oxygen atoms in total. The molecule has 1 atom stereocenters. The molecule has 1 aliphatic heterocycles. The average molecular weight is 358 g/mol. The van der Waals surface area contributed by atoms with Crippen molar-refractivity contribution in [2.75, 3.05) is 33.9 Å². The molecule has 1 fully saturated rings. The second-order valence-corrected chi connectivity index (χ2v) is 7.11. The first kappa shape index (κ1) is 18.5. The van der Waals surface area contributed by atoms with E-state index in [0.29, 0.717) is 0 Å². The summed E-state index contributed by atoms with van der Waals surface area (Å²) in [6.07, 6.45) is -0.997. The van der Waals surface area contributed by atoms with Crippen LogP contribution in [-0.4, -0.2) is 50.7 Å². The number of nitrogens with zero attached hydrogens (tertiary/aromatic N) is 1. The molecular weight excluding hydrogens is 333 g/mol. The molecule has 0 spiro atoms. The van der Waals surface area contributed by atoms with Gasteiger partial charge in [-0.15, -0.1) is 13.2 Å². The third kappa shape index (κ3) is 4.27. The van der Waals surface area contributed by atoms with E-state index in [1.54, 1.807) is 6.07 Å². The van der Waals surface area contributed by atoms with Gasteiger partial charge in [-0.1, -0.05) is 6.07 Å². The second-order valence-electron chi connectivity index (χ2n) is 7.11. The largest absolute Gasteiger partial charge is 0.573 e. The number of alkyl halides is 3. The van der Waals surface area contributed by atoms with Crippen molar-refractivity contribution in [2.24, 2.45) is 0 Å². The molecule has 0 amide bonds. The first-order chi connectivity index (χ1) is 11.8. The van der Waals surface area contributed by atoms with E-state index in [2.05, 4.69) is 29.0 Å². The number of fused-ring (bicyclic) bond motifs is 1. The van der Waals surface area contributed by atoms with Crippen LogP contribution in [0.25, 0.3) is 0 Å². The van der Waals surface area contributed by atoms with E-state index in [0.717, 1.165) is 56.6 Å². The van der Waals surface area contributed by atoms with Crippen LogP contribution in [0.1, 0.15) is 36.4 Å². The Kier molecular flexibility index (Phi) is 5.27. The molecule has 3 rings (SSSR count). The van der Waals surface area contributed by atoms with E-state index in [1.807, 2.05) is 0 Å². The van der Waals surface area contributed by atoms with Gasteiger partial charge in [-0.2, -0.15) is 0 Å². The molecule has 0 saturated carbocycles. The molecule has 2 aliphatic rings. The summed E-state index contributed by atoms with van der Waals surface area (Å²) in [7, 11) is 4.15. The zero-order valence-electron chi connectivity index (χ0n) is 14.7. The van der Waals surface area contributed by atoms with E-state index in [1.165, 1.54) is 12.1 Å². The maximum Gasteiger partial charge on any atom is 0.573 e. The highest BCUT2D eigenvalue weighted by atomic mass is 19.4. The molecule has 1 aliphatic carbocycles. The van der Waals surface area contributed by atoms with Crippen LogP contribution in [0.3, 0.4) is 0 Å². The van der Waals surface area contributed by atoms with Gasteiger partial charge in [-0.25, -0.2) is 0 Å². The van der Waals surface area contributed by atoms with E-state index < -0.39 is 6.36 Å². The van der Waals surface area contributed by atoms with Gasteiger partial charge in [0, 0.05) is 31.3 Å². The molecule has 1 unspecified atom stereocenters. The van der Waals surface area contributed by atoms with Crippen LogP contribution in [0, 0.1) is 0 Å². The normalized spacial score (nSPS) is 22.9. The minimum absolute atomic E-state index is 0.0289. The number of ether oxygens (including phenoxy) is 2. The molecule has 1 N–H and O–H groups in total. The topological polar surface area (TPSA) is 33.7 Å². The second kappa shape index (κ2) is 7.13. The molecule has 1 heterocycles. The van der Waals surface area contributed by atoms with Crippen molar-refractivity contribution in [3.63, 3.8) is 0 Å². The Morgan fingerprint density at radius 3 is 2.64 bits per heavy atom. The zero-order valence-corrected chi connectivity index (χ0v) is 14.7. The predicted molar refractivity (Wildman–Crippen MR) is 88.7 cm³/mol. The lowest BCUT2D eigenvalue weighted by Crippen LogP contribution is -2.55. The van der Waals surface area contributed by atoms with Gasteiger partial charge in [0.2, 0.25) is 0 Å². The Morgan fingerprint density at radius 1 is 1.28 bits per heavy atom. The Hall–Kier alpha value is -1.31. The van der Waals surface area contributed by atoms with Gasteiger partial charge in [-0.05, 0) is 63.0 Å². The van der Waals surface area contributed by atoms with Crippen LogP contribution in [0.5, 0.6) is 5.75 Å². The summed E-state index contributed by atoms with van der Waals surface area (Å²) in [6.45, 7) is 2.27. The first-order valence-electron chi connectivity index (χ1n) is 8.66. The van der Waals surface area contributed by atoms with E-state index in [4.69, 9.17) is 4.74 Å². The van der Waals surface area contributed by atoms with Crippen LogP contribution in [0.4, 0.5) is 13.2 Å². The van der Waals surface area contributed by atoms with Crippen LogP contribution in [0.15, 0.2) is 18.2 Å². The number of likely N-dealkylation sites (N-methyl/N-ethyl adjacent to an activating group) is 1. The summed E-state index contributed by atoms with van der Waals surface area (Å²) in [5.41, 5.74) is 2.04. The number of hydrogen-bond acceptors (Lipinski definition) is 4. The highest BCUT2D eigenvalue weighted by Gasteiger charge is 2.36. The van der Waals surface area contributed by atoms with Crippen molar-refractivity contribution in [2.45, 2.75) is 43.6 Å². The Bertz CT molecular complexity index is 598. The lowest BCUT2D eigenvalue weighted by Gasteiger charge is -2.43. The summed E-state index contributed by atoms with van der Waals surface area (Å²) < 4.78 is 47.0. The smallest absolute Gasteiger partial charge is 0.406 e. The fourth-order valence-electron chi connectivity index (χ4n) is 3.84. The lowest BCUT2D eigenvalue weighted by molar-refractivity contribution is -0.274. The molecule has 0 bridgehead atoms. The number of halogens is 3. The molecule has 1 saturated heterocycles. The number of aryl methyl sites for hydroxylation is 1. The van der Waals surface area contributed by atoms with Gasteiger partial charge < -0.3 is 19.7 Å². The van der Waals surface area contributed by atoms with E-state index >= 15 is 0 Å². The summed E-state index contributed by atoms with van der Waals surface area (Å²) >= 11 is 0. The van der Waals surface area contributed by atoms with Gasteiger partial charge in [0.25, 0.3) is 0 Å². The van der Waals surface area contributed by atoms with Crippen LogP contribution >= 0.6 is 0 Å². The minimum atomic E-state index is -4.66. The molecule has 0 radical (unpaired) electrons. The number of nitrogens with one attached hydrogen (secondary N) is 1. The number of benzene rings is 1. The third-order valence-electron chi connectivity index (χ3n) is 5.48. The van der Waals surface area contributed by atoms with Gasteiger partial charge in [0.15, 0.2) is 0 Å². The zero-order chi connectivity index (χ0) is 18.1. The Morgan fingerprint density at radius 2 is 2.00 bits per heavy atom. The summed E-state index contributed by atoms with van der Waals surface area (Å²) in [4.78, 5) is 2.24. The highest BCUT2D eigenvalue weighted by molar-refractivity contribution is 5.41. The van der Waals surface area contributed by atoms with Crippen molar-refractivity contribution < 1.29 is 22.6 Å². The lowest BCUT2D eigenvalue weighted by atomic mass is 9.88. The monoisotopic (exact) mass is 358 g/mol. The van der Waals surface area contributed by atoms with E-state index in [9.17, 15) is 13.2 Å². The average Bonchev–Trinajstić information content (AvgIpc) is 2.94. The van der Waals surface area contributed by atoms with Crippen molar-refractivity contribution in [3.8, 4) is 5.75 Å². The fourth-order valence-corrected chi connectivity index (χ4v) is 3.84. The maximum absolute atomic E-state index is 12.5. The quantitative estimate of drug-likeness (QED) is 0.876. The molecular formula is C18H25F3N2O2. The van der Waals surface area contributed by atoms with Gasteiger partial charge in [-0.3, -0.25) is 0 Å². The SMILES string of the molecule is CN(C)C1(CNC2CCc3ccc(OC(F)(F)F)cc32)CCOCC1. The van der Waals surface area contributed by atoms with Crippen molar-refractivity contribution >= 4 is 0 Å². The standard InChI is InChI=1S/C18H25F3N2O2/c1-23(2)17(7-9-24-10-8-17)12-22-16-6-4-13-3-5-14(11-15(13)16)25-18(19,20)21/h3,5,11,16,22H,4,6-10,12H2,1-2H3.